The Morgan fingerprint density at radius 2 is 1.74 bits per heavy atom. The summed E-state index contributed by atoms with van der Waals surface area (Å²) in [5, 5.41) is 2.90. The van der Waals surface area contributed by atoms with Crippen LogP contribution in [0.25, 0.3) is 0 Å². The summed E-state index contributed by atoms with van der Waals surface area (Å²) in [5.74, 6) is 0. The van der Waals surface area contributed by atoms with Gasteiger partial charge in [-0.2, -0.15) is 0 Å². The molecule has 1 saturated carbocycles. The monoisotopic (exact) mass is 359 g/mol. The van der Waals surface area contributed by atoms with Crippen LogP contribution in [0.1, 0.15) is 25.7 Å². The number of halogens is 1. The van der Waals surface area contributed by atoms with Gasteiger partial charge < -0.3 is 10.2 Å². The Morgan fingerprint density at radius 1 is 1.09 bits per heavy atom. The lowest BCUT2D eigenvalue weighted by Crippen LogP contribution is -3.24. The van der Waals surface area contributed by atoms with E-state index in [0.29, 0.717) is 16.0 Å². The zero-order chi connectivity index (χ0) is 16.3. The Morgan fingerprint density at radius 3 is 2.43 bits per heavy atom. The van der Waals surface area contributed by atoms with Crippen LogP contribution < -0.4 is 14.9 Å². The van der Waals surface area contributed by atoms with Gasteiger partial charge in [-0.25, -0.2) is 13.1 Å². The van der Waals surface area contributed by atoms with Crippen LogP contribution in [0.4, 0.5) is 0 Å². The van der Waals surface area contributed by atoms with Crippen LogP contribution in [0.15, 0.2) is 29.2 Å². The molecule has 5 nitrogen and oxygen atoms in total. The quantitative estimate of drug-likeness (QED) is 0.671. The highest BCUT2D eigenvalue weighted by molar-refractivity contribution is 7.89. The Kier molecular flexibility index (Phi) is 5.59. The molecule has 2 fully saturated rings. The van der Waals surface area contributed by atoms with Crippen molar-refractivity contribution in [1.82, 2.24) is 4.72 Å². The van der Waals surface area contributed by atoms with Gasteiger partial charge in [-0.1, -0.05) is 18.0 Å². The number of hydrogen-bond acceptors (Lipinski definition) is 2. The molecule has 2 aliphatic rings. The van der Waals surface area contributed by atoms with E-state index < -0.39 is 10.0 Å². The van der Waals surface area contributed by atoms with Gasteiger partial charge in [0.1, 0.15) is 32.2 Å². The van der Waals surface area contributed by atoms with Gasteiger partial charge >= 0.3 is 0 Å². The molecule has 0 unspecified atom stereocenters. The molecule has 7 heteroatoms. The van der Waals surface area contributed by atoms with Gasteiger partial charge in [0.2, 0.25) is 10.0 Å². The van der Waals surface area contributed by atoms with E-state index in [-0.39, 0.29) is 6.04 Å². The second-order valence-electron chi connectivity index (χ2n) is 6.60. The summed E-state index contributed by atoms with van der Waals surface area (Å²) in [6, 6.07) is 6.84. The highest BCUT2D eigenvalue weighted by Crippen LogP contribution is 2.20. The summed E-state index contributed by atoms with van der Waals surface area (Å²) in [4.78, 5) is 1.87. The summed E-state index contributed by atoms with van der Waals surface area (Å²) < 4.78 is 28.3. The molecule has 0 aromatic heterocycles. The Labute approximate surface area is 143 Å². The third-order valence-corrected chi connectivity index (χ3v) is 6.82. The number of piperazine rings is 1. The molecule has 23 heavy (non-hydrogen) atoms. The maximum absolute atomic E-state index is 12.7. The number of rotatable bonds is 4. The average molecular weight is 360 g/mol. The Hall–Kier alpha value is -0.660. The molecule has 2 atom stereocenters. The van der Waals surface area contributed by atoms with Gasteiger partial charge in [-0.15, -0.1) is 0 Å². The zero-order valence-electron chi connectivity index (χ0n) is 13.3. The number of hydrogen-bond donors (Lipinski definition) is 3. The van der Waals surface area contributed by atoms with Gasteiger partial charge in [0.25, 0.3) is 0 Å². The van der Waals surface area contributed by atoms with Gasteiger partial charge in [-0.05, 0) is 37.1 Å². The first-order chi connectivity index (χ1) is 11.1. The molecule has 0 radical (unpaired) electrons. The van der Waals surface area contributed by atoms with E-state index >= 15 is 0 Å². The van der Waals surface area contributed by atoms with E-state index in [1.807, 2.05) is 0 Å². The molecule has 3 rings (SSSR count). The summed E-state index contributed by atoms with van der Waals surface area (Å²) in [5.41, 5.74) is 0. The molecule has 4 N–H and O–H groups in total. The van der Waals surface area contributed by atoms with E-state index in [1.54, 1.807) is 29.2 Å². The van der Waals surface area contributed by atoms with E-state index in [4.69, 9.17) is 11.6 Å². The molecule has 0 bridgehead atoms. The maximum atomic E-state index is 12.7. The molecule has 1 aromatic rings. The molecule has 128 valence electrons. The summed E-state index contributed by atoms with van der Waals surface area (Å²) in [6.45, 7) is 4.54. The molecule has 0 amide bonds. The van der Waals surface area contributed by atoms with Gasteiger partial charge in [0.05, 0.1) is 10.9 Å². The van der Waals surface area contributed by atoms with E-state index in [1.165, 1.54) is 6.42 Å². The minimum Gasteiger partial charge on any atom is -0.337 e. The molecular formula is C16H26ClN3O2S+2. The van der Waals surface area contributed by atoms with Crippen LogP contribution in [-0.2, 0) is 10.0 Å². The number of quaternary nitrogens is 2. The second-order valence-corrected chi connectivity index (χ2v) is 8.75. The van der Waals surface area contributed by atoms with Crippen LogP contribution in [0, 0.1) is 0 Å². The SMILES string of the molecule is O=S(=O)(N[C@@H]1CCCC[C@@H]1[NH+]1CC[NH2+]CC1)c1ccc(Cl)cc1. The van der Waals surface area contributed by atoms with E-state index in [2.05, 4.69) is 10.0 Å². The second kappa shape index (κ2) is 7.49. The average Bonchev–Trinajstić information content (AvgIpc) is 2.56. The Bertz CT molecular complexity index is 615. The van der Waals surface area contributed by atoms with Crippen LogP contribution in [0.2, 0.25) is 5.02 Å². The molecule has 1 aliphatic heterocycles. The summed E-state index contributed by atoms with van der Waals surface area (Å²) >= 11 is 5.86. The maximum Gasteiger partial charge on any atom is 0.241 e. The van der Waals surface area contributed by atoms with Crippen molar-refractivity contribution in [1.29, 1.82) is 0 Å². The first-order valence-corrected chi connectivity index (χ1v) is 10.4. The molecule has 1 saturated heterocycles. The third kappa shape index (κ3) is 4.25. The molecule has 1 aliphatic carbocycles. The molecule has 0 spiro atoms. The van der Waals surface area contributed by atoms with Gasteiger partial charge in [-0.3, -0.25) is 0 Å². The Balaban J connectivity index is 1.74. The number of nitrogens with two attached hydrogens (primary N) is 1. The topological polar surface area (TPSA) is 67.2 Å². The van der Waals surface area contributed by atoms with Crippen molar-refractivity contribution in [2.24, 2.45) is 0 Å². The standard InChI is InChI=1S/C16H24ClN3O2S/c17-13-5-7-14(8-6-13)23(21,22)19-15-3-1-2-4-16(15)20-11-9-18-10-12-20/h5-8,15-16,18-19H,1-4,9-12H2/p+2/t15-,16+/m1/s1. The largest absolute Gasteiger partial charge is 0.337 e. The first kappa shape index (κ1) is 17.2. The third-order valence-electron chi connectivity index (χ3n) is 5.06. The fraction of sp³-hybridized carbons (Fsp3) is 0.625. The van der Waals surface area contributed by atoms with Crippen LogP contribution in [-0.4, -0.2) is 46.7 Å². The predicted molar refractivity (Wildman–Crippen MR) is 90.2 cm³/mol. The van der Waals surface area contributed by atoms with Crippen LogP contribution in [0.5, 0.6) is 0 Å². The lowest BCUT2D eigenvalue weighted by atomic mass is 9.89. The van der Waals surface area contributed by atoms with Crippen molar-refractivity contribution < 1.29 is 18.6 Å². The minimum absolute atomic E-state index is 0.0394. The zero-order valence-corrected chi connectivity index (χ0v) is 14.9. The van der Waals surface area contributed by atoms with Crippen molar-refractivity contribution in [2.45, 2.75) is 42.7 Å². The van der Waals surface area contributed by atoms with Crippen molar-refractivity contribution in [2.75, 3.05) is 26.2 Å². The number of benzene rings is 1. The van der Waals surface area contributed by atoms with Crippen molar-refractivity contribution in [3.05, 3.63) is 29.3 Å². The van der Waals surface area contributed by atoms with E-state index in [0.717, 1.165) is 45.4 Å². The highest BCUT2D eigenvalue weighted by atomic mass is 35.5. The fourth-order valence-electron chi connectivity index (χ4n) is 3.86. The number of sulfonamides is 1. The summed E-state index contributed by atoms with van der Waals surface area (Å²) in [7, 11) is -3.48. The van der Waals surface area contributed by atoms with Gasteiger partial charge in [0, 0.05) is 11.4 Å². The lowest BCUT2D eigenvalue weighted by Gasteiger charge is -2.38. The number of nitrogens with one attached hydrogen (secondary N) is 2. The van der Waals surface area contributed by atoms with E-state index in [9.17, 15) is 8.42 Å². The van der Waals surface area contributed by atoms with Crippen LogP contribution >= 0.6 is 11.6 Å². The molecule has 1 heterocycles. The van der Waals surface area contributed by atoms with Crippen molar-refractivity contribution >= 4 is 21.6 Å². The van der Waals surface area contributed by atoms with Crippen LogP contribution in [0.3, 0.4) is 0 Å². The van der Waals surface area contributed by atoms with Crippen molar-refractivity contribution in [3.8, 4) is 0 Å². The fourth-order valence-corrected chi connectivity index (χ4v) is 5.29. The minimum atomic E-state index is -3.48. The normalized spacial score (nSPS) is 27.0. The lowest BCUT2D eigenvalue weighted by molar-refractivity contribution is -0.968. The highest BCUT2D eigenvalue weighted by Gasteiger charge is 2.37. The summed E-state index contributed by atoms with van der Waals surface area (Å²) in [6.07, 6.45) is 4.36. The smallest absolute Gasteiger partial charge is 0.241 e. The van der Waals surface area contributed by atoms with Crippen molar-refractivity contribution in [3.63, 3.8) is 0 Å². The predicted octanol–water partition coefficient (Wildman–Crippen LogP) is -0.609. The molecule has 1 aromatic carbocycles. The van der Waals surface area contributed by atoms with Gasteiger partial charge in [0.15, 0.2) is 0 Å². The first-order valence-electron chi connectivity index (χ1n) is 8.50. The molecular weight excluding hydrogens is 334 g/mol.